The van der Waals surface area contributed by atoms with Gasteiger partial charge in [0.2, 0.25) is 0 Å². The number of hydrogen-bond donors (Lipinski definition) is 1. The van der Waals surface area contributed by atoms with Crippen molar-refractivity contribution in [3.63, 3.8) is 0 Å². The number of para-hydroxylation sites is 1. The second-order valence-electron chi connectivity index (χ2n) is 4.54. The molecule has 1 heterocycles. The highest BCUT2D eigenvalue weighted by atomic mass is 16.5. The second kappa shape index (κ2) is 7.21. The van der Waals surface area contributed by atoms with Crippen molar-refractivity contribution in [2.45, 2.75) is 13.8 Å². The van der Waals surface area contributed by atoms with E-state index < -0.39 is 24.5 Å². The Morgan fingerprint density at radius 2 is 2.00 bits per heavy atom. The quantitative estimate of drug-likeness (QED) is 0.660. The molecule has 120 valence electrons. The molecule has 8 nitrogen and oxygen atoms in total. The molecule has 0 spiro atoms. The van der Waals surface area contributed by atoms with Gasteiger partial charge >= 0.3 is 11.9 Å². The lowest BCUT2D eigenvalue weighted by atomic mass is 10.2. The molecular weight excluding hydrogens is 304 g/mol. The Morgan fingerprint density at radius 1 is 1.26 bits per heavy atom. The molecule has 0 bridgehead atoms. The Kier molecular flexibility index (Phi) is 5.08. The number of hydrogen-bond acceptors (Lipinski definition) is 7. The fourth-order valence-electron chi connectivity index (χ4n) is 1.69. The number of nitrogens with one attached hydrogen (secondary N) is 1. The van der Waals surface area contributed by atoms with E-state index in [0.29, 0.717) is 5.76 Å². The minimum Gasteiger partial charge on any atom is -0.452 e. The Hall–Kier alpha value is -3.16. The predicted octanol–water partition coefficient (Wildman–Crippen LogP) is 1.70. The highest BCUT2D eigenvalue weighted by Gasteiger charge is 2.16. The van der Waals surface area contributed by atoms with Crippen molar-refractivity contribution in [1.82, 2.24) is 5.16 Å². The third-order valence-electron chi connectivity index (χ3n) is 2.59. The van der Waals surface area contributed by atoms with Gasteiger partial charge in [-0.1, -0.05) is 17.3 Å². The van der Waals surface area contributed by atoms with Gasteiger partial charge in [-0.3, -0.25) is 9.59 Å². The van der Waals surface area contributed by atoms with Gasteiger partial charge in [0.05, 0.1) is 0 Å². The van der Waals surface area contributed by atoms with Crippen LogP contribution in [0.1, 0.15) is 23.0 Å². The molecule has 0 aliphatic heterocycles. The van der Waals surface area contributed by atoms with E-state index in [1.165, 1.54) is 25.1 Å². The monoisotopic (exact) mass is 318 g/mol. The number of carbonyl (C=O) groups excluding carboxylic acids is 3. The molecule has 8 heteroatoms. The lowest BCUT2D eigenvalue weighted by Gasteiger charge is -2.08. The molecule has 0 saturated carbocycles. The molecule has 1 aromatic carbocycles. The van der Waals surface area contributed by atoms with E-state index in [-0.39, 0.29) is 17.1 Å². The molecule has 1 amide bonds. The number of amides is 1. The molecule has 0 fully saturated rings. The van der Waals surface area contributed by atoms with E-state index in [2.05, 4.69) is 10.5 Å². The zero-order chi connectivity index (χ0) is 16.8. The summed E-state index contributed by atoms with van der Waals surface area (Å²) in [6.45, 7) is 2.38. The molecule has 2 aromatic rings. The number of aromatic nitrogens is 1. The summed E-state index contributed by atoms with van der Waals surface area (Å²) in [5, 5.41) is 5.99. The maximum absolute atomic E-state index is 12.0. The largest absolute Gasteiger partial charge is 0.452 e. The molecule has 1 N–H and O–H groups in total. The fourth-order valence-corrected chi connectivity index (χ4v) is 1.69. The van der Waals surface area contributed by atoms with Gasteiger partial charge in [0.1, 0.15) is 17.1 Å². The summed E-state index contributed by atoms with van der Waals surface area (Å²) < 4.78 is 14.6. The maximum atomic E-state index is 12.0. The van der Waals surface area contributed by atoms with Gasteiger partial charge in [0.25, 0.3) is 5.91 Å². The first-order chi connectivity index (χ1) is 11.0. The molecule has 0 unspecified atom stereocenters. The van der Waals surface area contributed by atoms with Crippen LogP contribution in [0.15, 0.2) is 34.9 Å². The summed E-state index contributed by atoms with van der Waals surface area (Å²) in [4.78, 5) is 34.7. The first kappa shape index (κ1) is 16.2. The van der Waals surface area contributed by atoms with Gasteiger partial charge in [-0.25, -0.2) is 4.79 Å². The van der Waals surface area contributed by atoms with E-state index in [1.807, 2.05) is 0 Å². The number of nitrogens with zero attached hydrogens (tertiary/aromatic N) is 1. The second-order valence-corrected chi connectivity index (χ2v) is 4.54. The van der Waals surface area contributed by atoms with Gasteiger partial charge < -0.3 is 19.3 Å². The minimum absolute atomic E-state index is 0.0489. The summed E-state index contributed by atoms with van der Waals surface area (Å²) in [7, 11) is 0. The molecule has 23 heavy (non-hydrogen) atoms. The van der Waals surface area contributed by atoms with Gasteiger partial charge in [-0.05, 0) is 19.1 Å². The van der Waals surface area contributed by atoms with Crippen molar-refractivity contribution in [3.8, 4) is 5.75 Å². The summed E-state index contributed by atoms with van der Waals surface area (Å²) in [5.74, 6) is -1.09. The van der Waals surface area contributed by atoms with Gasteiger partial charge in [-0.15, -0.1) is 0 Å². The average Bonchev–Trinajstić information content (AvgIpc) is 2.90. The van der Waals surface area contributed by atoms with E-state index in [1.54, 1.807) is 19.1 Å². The normalized spacial score (nSPS) is 10.0. The van der Waals surface area contributed by atoms with E-state index in [4.69, 9.17) is 14.0 Å². The molecule has 0 aliphatic rings. The number of benzene rings is 1. The third kappa shape index (κ3) is 4.67. The van der Waals surface area contributed by atoms with E-state index >= 15 is 0 Å². The highest BCUT2D eigenvalue weighted by Crippen LogP contribution is 2.19. The average molecular weight is 318 g/mol. The number of ether oxygens (including phenoxy) is 2. The van der Waals surface area contributed by atoms with Crippen molar-refractivity contribution in [2.24, 2.45) is 0 Å². The molecule has 0 radical (unpaired) electrons. The lowest BCUT2D eigenvalue weighted by Crippen LogP contribution is -2.21. The van der Waals surface area contributed by atoms with Crippen molar-refractivity contribution in [3.05, 3.63) is 41.7 Å². The van der Waals surface area contributed by atoms with Gasteiger partial charge in [0.15, 0.2) is 12.4 Å². The minimum atomic E-state index is -0.784. The van der Waals surface area contributed by atoms with Crippen molar-refractivity contribution < 1.29 is 28.4 Å². The smallest absolute Gasteiger partial charge is 0.342 e. The molecule has 0 saturated heterocycles. The summed E-state index contributed by atoms with van der Waals surface area (Å²) in [5.41, 5.74) is 0.0489. The third-order valence-corrected chi connectivity index (χ3v) is 2.59. The van der Waals surface area contributed by atoms with Crippen LogP contribution in [0.25, 0.3) is 0 Å². The molecular formula is C15H14N2O6. The number of aryl methyl sites for hydroxylation is 1. The van der Waals surface area contributed by atoms with Crippen LogP contribution in [0.2, 0.25) is 0 Å². The molecule has 1 aromatic heterocycles. The highest BCUT2D eigenvalue weighted by molar-refractivity contribution is 5.96. The van der Waals surface area contributed by atoms with Crippen LogP contribution in [-0.2, 0) is 14.3 Å². The Morgan fingerprint density at radius 3 is 2.65 bits per heavy atom. The van der Waals surface area contributed by atoms with Crippen LogP contribution in [0, 0.1) is 6.92 Å². The van der Waals surface area contributed by atoms with Crippen LogP contribution in [0.4, 0.5) is 5.82 Å². The van der Waals surface area contributed by atoms with Crippen LogP contribution < -0.4 is 10.1 Å². The van der Waals surface area contributed by atoms with Crippen molar-refractivity contribution in [1.29, 1.82) is 0 Å². The fraction of sp³-hybridized carbons (Fsp3) is 0.200. The van der Waals surface area contributed by atoms with Crippen molar-refractivity contribution >= 4 is 23.7 Å². The first-order valence-electron chi connectivity index (χ1n) is 6.63. The van der Waals surface area contributed by atoms with Crippen LogP contribution in [-0.4, -0.2) is 29.6 Å². The number of esters is 2. The lowest BCUT2D eigenvalue weighted by molar-refractivity contribution is -0.132. The molecule has 2 rings (SSSR count). The van der Waals surface area contributed by atoms with Gasteiger partial charge in [-0.2, -0.15) is 0 Å². The van der Waals surface area contributed by atoms with Crippen LogP contribution in [0.5, 0.6) is 5.75 Å². The first-order valence-corrected chi connectivity index (χ1v) is 6.63. The van der Waals surface area contributed by atoms with E-state index in [9.17, 15) is 14.4 Å². The number of anilines is 1. The molecule has 0 aliphatic carbocycles. The summed E-state index contributed by atoms with van der Waals surface area (Å²) >= 11 is 0. The predicted molar refractivity (Wildman–Crippen MR) is 77.9 cm³/mol. The van der Waals surface area contributed by atoms with Crippen molar-refractivity contribution in [2.75, 3.05) is 11.9 Å². The summed E-state index contributed by atoms with van der Waals surface area (Å²) in [6, 6.07) is 7.60. The van der Waals surface area contributed by atoms with E-state index in [0.717, 1.165) is 0 Å². The maximum Gasteiger partial charge on any atom is 0.342 e. The summed E-state index contributed by atoms with van der Waals surface area (Å²) in [6.07, 6.45) is 0. The van der Waals surface area contributed by atoms with Crippen LogP contribution in [0.3, 0.4) is 0 Å². The standard InChI is InChI=1S/C15H14N2O6/c1-9-7-13(17-23-9)16-14(19)8-21-15(20)11-5-3-4-6-12(11)22-10(2)18/h3-7H,8H2,1-2H3,(H,16,17,19). The Balaban J connectivity index is 1.94. The van der Waals surface area contributed by atoms with Gasteiger partial charge in [0, 0.05) is 13.0 Å². The molecule has 0 atom stereocenters. The zero-order valence-corrected chi connectivity index (χ0v) is 12.5. The zero-order valence-electron chi connectivity index (χ0n) is 12.5. The SMILES string of the molecule is CC(=O)Oc1ccccc1C(=O)OCC(=O)Nc1cc(C)on1. The number of carbonyl (C=O) groups is 3. The van der Waals surface area contributed by atoms with Crippen LogP contribution >= 0.6 is 0 Å². The topological polar surface area (TPSA) is 108 Å². The number of rotatable bonds is 5. The Bertz CT molecular complexity index is 737. The Labute approximate surface area is 131 Å².